The van der Waals surface area contributed by atoms with Crippen LogP contribution in [0.15, 0.2) is 48.5 Å². The Morgan fingerprint density at radius 2 is 1.64 bits per heavy atom. The third kappa shape index (κ3) is 4.24. The summed E-state index contributed by atoms with van der Waals surface area (Å²) in [4.78, 5) is 26.8. The molecule has 1 aliphatic heterocycles. The highest BCUT2D eigenvalue weighted by Crippen LogP contribution is 2.17. The van der Waals surface area contributed by atoms with E-state index in [4.69, 9.17) is 0 Å². The number of nitrogens with zero attached hydrogens (tertiary/aromatic N) is 1. The van der Waals surface area contributed by atoms with Gasteiger partial charge < -0.3 is 10.2 Å². The van der Waals surface area contributed by atoms with Gasteiger partial charge in [0.1, 0.15) is 5.82 Å². The van der Waals surface area contributed by atoms with Crippen molar-refractivity contribution in [3.8, 4) is 0 Å². The SMILES string of the molecule is O=C(Nc1cccc(C(=O)N2CCCCCC2)c1)c1ccccc1F. The molecule has 0 saturated carbocycles. The van der Waals surface area contributed by atoms with Gasteiger partial charge in [-0.25, -0.2) is 4.39 Å². The van der Waals surface area contributed by atoms with E-state index in [2.05, 4.69) is 5.32 Å². The molecule has 0 aromatic heterocycles. The maximum Gasteiger partial charge on any atom is 0.258 e. The van der Waals surface area contributed by atoms with E-state index in [1.54, 1.807) is 30.3 Å². The first-order chi connectivity index (χ1) is 12.1. The fraction of sp³-hybridized carbons (Fsp3) is 0.300. The van der Waals surface area contributed by atoms with Crippen molar-refractivity contribution in [3.05, 3.63) is 65.5 Å². The summed E-state index contributed by atoms with van der Waals surface area (Å²) in [5, 5.41) is 2.66. The molecule has 2 aromatic rings. The highest BCUT2D eigenvalue weighted by molar-refractivity contribution is 6.05. The molecule has 0 spiro atoms. The van der Waals surface area contributed by atoms with Crippen molar-refractivity contribution in [2.75, 3.05) is 18.4 Å². The molecule has 25 heavy (non-hydrogen) atoms. The lowest BCUT2D eigenvalue weighted by atomic mass is 10.1. The van der Waals surface area contributed by atoms with Gasteiger partial charge in [-0.1, -0.05) is 31.0 Å². The molecule has 0 bridgehead atoms. The number of carbonyl (C=O) groups excluding carboxylic acids is 2. The van der Waals surface area contributed by atoms with E-state index in [0.29, 0.717) is 11.3 Å². The van der Waals surface area contributed by atoms with Gasteiger partial charge >= 0.3 is 0 Å². The Kier molecular flexibility index (Phi) is 5.43. The second kappa shape index (κ2) is 7.92. The Morgan fingerprint density at radius 1 is 0.920 bits per heavy atom. The number of rotatable bonds is 3. The van der Waals surface area contributed by atoms with Crippen molar-refractivity contribution in [3.63, 3.8) is 0 Å². The minimum atomic E-state index is -0.572. The lowest BCUT2D eigenvalue weighted by Crippen LogP contribution is -2.31. The van der Waals surface area contributed by atoms with Gasteiger partial charge in [-0.2, -0.15) is 0 Å². The summed E-state index contributed by atoms with van der Waals surface area (Å²) < 4.78 is 13.7. The van der Waals surface area contributed by atoms with Crippen molar-refractivity contribution in [2.24, 2.45) is 0 Å². The van der Waals surface area contributed by atoms with E-state index in [9.17, 15) is 14.0 Å². The molecule has 3 rings (SSSR count). The molecule has 1 fully saturated rings. The number of amides is 2. The third-order valence-electron chi connectivity index (χ3n) is 4.38. The minimum Gasteiger partial charge on any atom is -0.339 e. The number of nitrogens with one attached hydrogen (secondary N) is 1. The van der Waals surface area contributed by atoms with Crippen molar-refractivity contribution in [2.45, 2.75) is 25.7 Å². The molecule has 0 aliphatic carbocycles. The van der Waals surface area contributed by atoms with Crippen molar-refractivity contribution >= 4 is 17.5 Å². The lowest BCUT2D eigenvalue weighted by molar-refractivity contribution is 0.0761. The maximum absolute atomic E-state index is 13.7. The Hall–Kier alpha value is -2.69. The molecule has 1 N–H and O–H groups in total. The van der Waals surface area contributed by atoms with E-state index in [-0.39, 0.29) is 11.5 Å². The molecular formula is C20H21FN2O2. The minimum absolute atomic E-state index is 0.0215. The van der Waals surface area contributed by atoms with Crippen molar-refractivity contribution in [1.29, 1.82) is 0 Å². The number of carbonyl (C=O) groups is 2. The summed E-state index contributed by atoms with van der Waals surface area (Å²) in [5.74, 6) is -1.13. The van der Waals surface area contributed by atoms with Crippen LogP contribution in [-0.4, -0.2) is 29.8 Å². The molecule has 1 heterocycles. The van der Waals surface area contributed by atoms with Crippen LogP contribution in [-0.2, 0) is 0 Å². The quantitative estimate of drug-likeness (QED) is 0.915. The fourth-order valence-electron chi connectivity index (χ4n) is 3.03. The summed E-state index contributed by atoms with van der Waals surface area (Å²) in [7, 11) is 0. The van der Waals surface area contributed by atoms with Gasteiger partial charge in [-0.15, -0.1) is 0 Å². The van der Waals surface area contributed by atoms with E-state index < -0.39 is 11.7 Å². The van der Waals surface area contributed by atoms with E-state index >= 15 is 0 Å². The number of halogens is 1. The molecule has 130 valence electrons. The number of anilines is 1. The maximum atomic E-state index is 13.7. The largest absolute Gasteiger partial charge is 0.339 e. The Balaban J connectivity index is 1.74. The van der Waals surface area contributed by atoms with Gasteiger partial charge in [0.2, 0.25) is 0 Å². The van der Waals surface area contributed by atoms with Crippen LogP contribution in [0.5, 0.6) is 0 Å². The molecule has 0 atom stereocenters. The van der Waals surface area contributed by atoms with Gasteiger partial charge in [0.25, 0.3) is 11.8 Å². The first-order valence-corrected chi connectivity index (χ1v) is 8.60. The van der Waals surface area contributed by atoms with Crippen molar-refractivity contribution in [1.82, 2.24) is 4.90 Å². The summed E-state index contributed by atoms with van der Waals surface area (Å²) in [6.45, 7) is 1.54. The van der Waals surface area contributed by atoms with E-state index in [1.165, 1.54) is 18.2 Å². The van der Waals surface area contributed by atoms with Crippen LogP contribution >= 0.6 is 0 Å². The Bertz CT molecular complexity index is 768. The van der Waals surface area contributed by atoms with Crippen LogP contribution in [0, 0.1) is 5.82 Å². The van der Waals surface area contributed by atoms with Crippen molar-refractivity contribution < 1.29 is 14.0 Å². The normalized spacial score (nSPS) is 14.7. The predicted octanol–water partition coefficient (Wildman–Crippen LogP) is 4.09. The fourth-order valence-corrected chi connectivity index (χ4v) is 3.03. The number of hydrogen-bond acceptors (Lipinski definition) is 2. The first kappa shape index (κ1) is 17.1. The van der Waals surface area contributed by atoms with Crippen LogP contribution in [0.25, 0.3) is 0 Å². The topological polar surface area (TPSA) is 49.4 Å². The van der Waals surface area contributed by atoms with Crippen LogP contribution in [0.2, 0.25) is 0 Å². The zero-order chi connectivity index (χ0) is 17.6. The summed E-state index contributed by atoms with van der Waals surface area (Å²) >= 11 is 0. The molecular weight excluding hydrogens is 319 g/mol. The molecule has 1 saturated heterocycles. The third-order valence-corrected chi connectivity index (χ3v) is 4.38. The summed E-state index contributed by atoms with van der Waals surface area (Å²) in [5.41, 5.74) is 0.994. The van der Waals surface area contributed by atoms with Crippen LogP contribution in [0.3, 0.4) is 0 Å². The van der Waals surface area contributed by atoms with Gasteiger partial charge in [-0.3, -0.25) is 9.59 Å². The van der Waals surface area contributed by atoms with E-state index in [0.717, 1.165) is 38.8 Å². The standard InChI is InChI=1S/C20H21FN2O2/c21-18-11-4-3-10-17(18)19(24)22-16-9-7-8-15(14-16)20(25)23-12-5-1-2-6-13-23/h3-4,7-11,14H,1-2,5-6,12-13H2,(H,22,24). The van der Waals surface area contributed by atoms with Crippen LogP contribution in [0.4, 0.5) is 10.1 Å². The number of hydrogen-bond donors (Lipinski definition) is 1. The smallest absolute Gasteiger partial charge is 0.258 e. The zero-order valence-corrected chi connectivity index (χ0v) is 14.0. The molecule has 5 heteroatoms. The Labute approximate surface area is 146 Å². The van der Waals surface area contributed by atoms with Gasteiger partial charge in [0, 0.05) is 24.3 Å². The van der Waals surface area contributed by atoms with Gasteiger partial charge in [0.15, 0.2) is 0 Å². The monoisotopic (exact) mass is 340 g/mol. The summed E-state index contributed by atoms with van der Waals surface area (Å²) in [6.07, 6.45) is 4.36. The molecule has 2 aromatic carbocycles. The number of likely N-dealkylation sites (tertiary alicyclic amines) is 1. The van der Waals surface area contributed by atoms with Crippen LogP contribution < -0.4 is 5.32 Å². The average Bonchev–Trinajstić information content (AvgIpc) is 2.91. The molecule has 1 aliphatic rings. The number of benzene rings is 2. The van der Waals surface area contributed by atoms with E-state index in [1.807, 2.05) is 4.90 Å². The average molecular weight is 340 g/mol. The molecule has 0 unspecified atom stereocenters. The van der Waals surface area contributed by atoms with Gasteiger partial charge in [0.05, 0.1) is 5.56 Å². The molecule has 4 nitrogen and oxygen atoms in total. The second-order valence-corrected chi connectivity index (χ2v) is 6.22. The highest BCUT2D eigenvalue weighted by atomic mass is 19.1. The first-order valence-electron chi connectivity index (χ1n) is 8.60. The second-order valence-electron chi connectivity index (χ2n) is 6.22. The van der Waals surface area contributed by atoms with Crippen LogP contribution in [0.1, 0.15) is 46.4 Å². The van der Waals surface area contributed by atoms with Gasteiger partial charge in [-0.05, 0) is 43.2 Å². The highest BCUT2D eigenvalue weighted by Gasteiger charge is 2.18. The lowest BCUT2D eigenvalue weighted by Gasteiger charge is -2.20. The predicted molar refractivity (Wildman–Crippen MR) is 95.2 cm³/mol. The molecule has 2 amide bonds. The molecule has 0 radical (unpaired) electrons. The zero-order valence-electron chi connectivity index (χ0n) is 14.0. The summed E-state index contributed by atoms with van der Waals surface area (Å²) in [6, 6.07) is 12.6. The Morgan fingerprint density at radius 3 is 2.36 bits per heavy atom.